The lowest BCUT2D eigenvalue weighted by molar-refractivity contribution is -0.115. The number of carbonyl (C=O) groups is 1. The van der Waals surface area contributed by atoms with E-state index in [-0.39, 0.29) is 12.3 Å². The molecule has 1 unspecified atom stereocenters. The van der Waals surface area contributed by atoms with Crippen LogP contribution in [0, 0.1) is 6.92 Å². The molecule has 4 nitrogen and oxygen atoms in total. The van der Waals surface area contributed by atoms with Gasteiger partial charge in [0, 0.05) is 28.4 Å². The van der Waals surface area contributed by atoms with Gasteiger partial charge in [-0.3, -0.25) is 9.00 Å². The largest absolute Gasteiger partial charge is 0.399 e. The molecule has 21 heavy (non-hydrogen) atoms. The van der Waals surface area contributed by atoms with Crippen molar-refractivity contribution in [3.8, 4) is 0 Å². The molecule has 0 aliphatic rings. The molecule has 0 aromatic heterocycles. The van der Waals surface area contributed by atoms with Crippen LogP contribution in [0.4, 0.5) is 11.4 Å². The Hall–Kier alpha value is -2.14. The lowest BCUT2D eigenvalue weighted by atomic mass is 10.2. The van der Waals surface area contributed by atoms with Crippen molar-refractivity contribution < 1.29 is 9.00 Å². The number of rotatable bonds is 5. The summed E-state index contributed by atoms with van der Waals surface area (Å²) in [6.07, 6.45) is 0.214. The van der Waals surface area contributed by atoms with Crippen LogP contribution >= 0.6 is 0 Å². The molecule has 3 N–H and O–H groups in total. The van der Waals surface area contributed by atoms with Gasteiger partial charge in [-0.2, -0.15) is 0 Å². The number of hydrogen-bond acceptors (Lipinski definition) is 3. The summed E-state index contributed by atoms with van der Waals surface area (Å²) in [6.45, 7) is 1.92. The number of aryl methyl sites for hydroxylation is 1. The number of benzene rings is 2. The zero-order valence-corrected chi connectivity index (χ0v) is 12.7. The molecule has 110 valence electrons. The predicted molar refractivity (Wildman–Crippen MR) is 86.6 cm³/mol. The van der Waals surface area contributed by atoms with Crippen molar-refractivity contribution >= 4 is 28.1 Å². The van der Waals surface area contributed by atoms with Gasteiger partial charge in [0.1, 0.15) is 0 Å². The third-order valence-electron chi connectivity index (χ3n) is 3.05. The predicted octanol–water partition coefficient (Wildman–Crippen LogP) is 2.71. The van der Waals surface area contributed by atoms with Crippen molar-refractivity contribution in [3.05, 3.63) is 54.1 Å². The summed E-state index contributed by atoms with van der Waals surface area (Å²) in [6, 6.07) is 14.4. The minimum Gasteiger partial charge on any atom is -0.399 e. The minimum atomic E-state index is -1.16. The van der Waals surface area contributed by atoms with Crippen LogP contribution in [0.15, 0.2) is 53.4 Å². The summed E-state index contributed by atoms with van der Waals surface area (Å²) >= 11 is 0. The van der Waals surface area contributed by atoms with Gasteiger partial charge in [-0.1, -0.05) is 18.2 Å². The number of hydrogen-bond donors (Lipinski definition) is 2. The van der Waals surface area contributed by atoms with Crippen LogP contribution in [0.25, 0.3) is 0 Å². The van der Waals surface area contributed by atoms with E-state index in [9.17, 15) is 9.00 Å². The molecule has 0 aliphatic heterocycles. The molecule has 0 saturated carbocycles. The zero-order chi connectivity index (χ0) is 15.2. The summed E-state index contributed by atoms with van der Waals surface area (Å²) in [4.78, 5) is 12.6. The Balaban J connectivity index is 1.88. The monoisotopic (exact) mass is 302 g/mol. The summed E-state index contributed by atoms with van der Waals surface area (Å²) in [5.41, 5.74) is 7.90. The maximum Gasteiger partial charge on any atom is 0.225 e. The highest BCUT2D eigenvalue weighted by atomic mass is 32.2. The highest BCUT2D eigenvalue weighted by Crippen LogP contribution is 2.14. The summed E-state index contributed by atoms with van der Waals surface area (Å²) in [5.74, 6) is 0.160. The highest BCUT2D eigenvalue weighted by Gasteiger charge is 2.09. The molecule has 2 aromatic rings. The van der Waals surface area contributed by atoms with Crippen LogP contribution in [-0.4, -0.2) is 15.9 Å². The van der Waals surface area contributed by atoms with E-state index in [4.69, 9.17) is 5.73 Å². The molecule has 2 rings (SSSR count). The van der Waals surface area contributed by atoms with Gasteiger partial charge < -0.3 is 11.1 Å². The van der Waals surface area contributed by atoms with Gasteiger partial charge >= 0.3 is 0 Å². The number of nitrogen functional groups attached to an aromatic ring is 1. The van der Waals surface area contributed by atoms with Crippen LogP contribution in [0.2, 0.25) is 0 Å². The van der Waals surface area contributed by atoms with E-state index in [1.807, 2.05) is 31.2 Å². The topological polar surface area (TPSA) is 72.2 Å². The quantitative estimate of drug-likeness (QED) is 0.834. The Bertz CT molecular complexity index is 654. The van der Waals surface area contributed by atoms with Crippen molar-refractivity contribution in [2.24, 2.45) is 0 Å². The maximum atomic E-state index is 12.2. The van der Waals surface area contributed by atoms with Gasteiger partial charge in [-0.05, 0) is 42.8 Å². The molecule has 0 radical (unpaired) electrons. The Morgan fingerprint density at radius 3 is 2.48 bits per heavy atom. The molecule has 5 heteroatoms. The van der Waals surface area contributed by atoms with E-state index < -0.39 is 10.8 Å². The Morgan fingerprint density at radius 2 is 1.81 bits per heavy atom. The van der Waals surface area contributed by atoms with Gasteiger partial charge in [-0.15, -0.1) is 0 Å². The van der Waals surface area contributed by atoms with Crippen molar-refractivity contribution in [2.75, 3.05) is 16.8 Å². The minimum absolute atomic E-state index is 0.151. The standard InChI is InChI=1S/C16H18N2O2S/c1-12-4-2-3-5-15(12)21(20)11-10-16(19)18-14-8-6-13(17)7-9-14/h2-9H,10-11,17H2,1H3,(H,18,19). The van der Waals surface area contributed by atoms with Crippen molar-refractivity contribution in [3.63, 3.8) is 0 Å². The van der Waals surface area contributed by atoms with Crippen LogP contribution in [-0.2, 0) is 15.6 Å². The molecule has 0 aliphatic carbocycles. The summed E-state index contributed by atoms with van der Waals surface area (Å²) in [7, 11) is -1.16. The highest BCUT2D eigenvalue weighted by molar-refractivity contribution is 7.85. The van der Waals surface area contributed by atoms with Gasteiger partial charge in [-0.25, -0.2) is 0 Å². The average molecular weight is 302 g/mol. The van der Waals surface area contributed by atoms with Crippen molar-refractivity contribution in [1.82, 2.24) is 0 Å². The smallest absolute Gasteiger partial charge is 0.225 e. The molecule has 1 amide bonds. The van der Waals surface area contributed by atoms with E-state index in [1.165, 1.54) is 0 Å². The van der Waals surface area contributed by atoms with Crippen LogP contribution in [0.1, 0.15) is 12.0 Å². The lowest BCUT2D eigenvalue weighted by Crippen LogP contribution is -2.15. The number of nitrogens with two attached hydrogens (primary N) is 1. The lowest BCUT2D eigenvalue weighted by Gasteiger charge is -2.07. The third kappa shape index (κ3) is 4.43. The Labute approximate surface area is 126 Å². The molecule has 1 atom stereocenters. The molecule has 0 spiro atoms. The first kappa shape index (κ1) is 15.3. The second-order valence-corrected chi connectivity index (χ2v) is 6.27. The number of carbonyl (C=O) groups excluding carboxylic acids is 1. The molecule has 0 fully saturated rings. The molecule has 0 heterocycles. The summed E-state index contributed by atoms with van der Waals surface area (Å²) in [5, 5.41) is 2.76. The fourth-order valence-corrected chi connectivity index (χ4v) is 3.15. The zero-order valence-electron chi connectivity index (χ0n) is 11.8. The van der Waals surface area contributed by atoms with E-state index in [0.717, 1.165) is 10.5 Å². The van der Waals surface area contributed by atoms with Gasteiger partial charge in [0.25, 0.3) is 0 Å². The molecule has 0 saturated heterocycles. The number of nitrogens with one attached hydrogen (secondary N) is 1. The van der Waals surface area contributed by atoms with E-state index >= 15 is 0 Å². The van der Waals surface area contributed by atoms with Crippen molar-refractivity contribution in [1.29, 1.82) is 0 Å². The second kappa shape index (κ2) is 7.04. The SMILES string of the molecule is Cc1ccccc1S(=O)CCC(=O)Nc1ccc(N)cc1. The van der Waals surface area contributed by atoms with Crippen LogP contribution in [0.5, 0.6) is 0 Å². The normalized spacial score (nSPS) is 11.9. The third-order valence-corrected chi connectivity index (χ3v) is 4.57. The Morgan fingerprint density at radius 1 is 1.14 bits per heavy atom. The Kier molecular flexibility index (Phi) is 5.11. The van der Waals surface area contributed by atoms with Crippen LogP contribution in [0.3, 0.4) is 0 Å². The van der Waals surface area contributed by atoms with Gasteiger partial charge in [0.15, 0.2) is 0 Å². The fraction of sp³-hybridized carbons (Fsp3) is 0.188. The molecular formula is C16H18N2O2S. The van der Waals surface area contributed by atoms with E-state index in [2.05, 4.69) is 5.32 Å². The maximum absolute atomic E-state index is 12.2. The van der Waals surface area contributed by atoms with E-state index in [1.54, 1.807) is 24.3 Å². The van der Waals surface area contributed by atoms with E-state index in [0.29, 0.717) is 17.1 Å². The molecule has 0 bridgehead atoms. The molecular weight excluding hydrogens is 284 g/mol. The average Bonchev–Trinajstić information content (AvgIpc) is 2.48. The number of amides is 1. The molecule has 2 aromatic carbocycles. The number of anilines is 2. The van der Waals surface area contributed by atoms with Crippen molar-refractivity contribution in [2.45, 2.75) is 18.2 Å². The first-order valence-corrected chi connectivity index (χ1v) is 7.97. The summed E-state index contributed by atoms with van der Waals surface area (Å²) < 4.78 is 12.2. The van der Waals surface area contributed by atoms with Gasteiger partial charge in [0.2, 0.25) is 5.91 Å². The first-order valence-electron chi connectivity index (χ1n) is 6.65. The second-order valence-electron chi connectivity index (χ2n) is 4.74. The first-order chi connectivity index (χ1) is 10.1. The van der Waals surface area contributed by atoms with Crippen LogP contribution < -0.4 is 11.1 Å². The fourth-order valence-electron chi connectivity index (χ4n) is 1.90. The van der Waals surface area contributed by atoms with Gasteiger partial charge in [0.05, 0.1) is 10.8 Å².